The molecule has 4 heteroatoms. The summed E-state index contributed by atoms with van der Waals surface area (Å²) < 4.78 is 10.6. The van der Waals surface area contributed by atoms with Gasteiger partial charge in [0.25, 0.3) is 5.91 Å². The van der Waals surface area contributed by atoms with Crippen LogP contribution in [0.1, 0.15) is 34.0 Å². The summed E-state index contributed by atoms with van der Waals surface area (Å²) in [6.45, 7) is 5.98. The molecule has 0 radical (unpaired) electrons. The zero-order valence-electron chi connectivity index (χ0n) is 14.3. The molecule has 0 bridgehead atoms. The molecule has 0 atom stereocenters. The van der Waals surface area contributed by atoms with Crippen molar-refractivity contribution < 1.29 is 14.3 Å². The molecule has 2 aromatic carbocycles. The van der Waals surface area contributed by atoms with Gasteiger partial charge in [-0.1, -0.05) is 25.1 Å². The Morgan fingerprint density at radius 2 is 1.61 bits per heavy atom. The molecular formula is C19H23NO3. The van der Waals surface area contributed by atoms with E-state index < -0.39 is 0 Å². The van der Waals surface area contributed by atoms with Crippen LogP contribution in [0.2, 0.25) is 0 Å². The monoisotopic (exact) mass is 313 g/mol. The van der Waals surface area contributed by atoms with Crippen LogP contribution in [0.15, 0.2) is 30.3 Å². The van der Waals surface area contributed by atoms with Crippen LogP contribution < -0.4 is 14.8 Å². The Labute approximate surface area is 137 Å². The number of carbonyl (C=O) groups excluding carboxylic acids is 1. The van der Waals surface area contributed by atoms with Gasteiger partial charge in [-0.25, -0.2) is 0 Å². The first-order valence-electron chi connectivity index (χ1n) is 7.64. The fourth-order valence-corrected chi connectivity index (χ4v) is 2.62. The van der Waals surface area contributed by atoms with E-state index in [0.29, 0.717) is 17.1 Å². The third-order valence-electron chi connectivity index (χ3n) is 3.95. The third-order valence-corrected chi connectivity index (χ3v) is 3.95. The van der Waals surface area contributed by atoms with E-state index in [4.69, 9.17) is 9.47 Å². The van der Waals surface area contributed by atoms with Crippen LogP contribution in [-0.2, 0) is 6.42 Å². The summed E-state index contributed by atoms with van der Waals surface area (Å²) in [5.41, 5.74) is 4.46. The second-order valence-electron chi connectivity index (χ2n) is 5.44. The molecule has 122 valence electrons. The zero-order valence-corrected chi connectivity index (χ0v) is 14.3. The van der Waals surface area contributed by atoms with Crippen molar-refractivity contribution >= 4 is 11.6 Å². The third kappa shape index (κ3) is 3.47. The lowest BCUT2D eigenvalue weighted by Crippen LogP contribution is -2.16. The van der Waals surface area contributed by atoms with Gasteiger partial charge in [0.15, 0.2) is 11.5 Å². The summed E-state index contributed by atoms with van der Waals surface area (Å²) in [5, 5.41) is 3.02. The van der Waals surface area contributed by atoms with E-state index in [1.165, 1.54) is 0 Å². The van der Waals surface area contributed by atoms with E-state index in [2.05, 4.69) is 5.32 Å². The Bertz CT molecular complexity index is 703. The maximum absolute atomic E-state index is 12.8. The smallest absolute Gasteiger partial charge is 0.256 e. The molecule has 0 heterocycles. The summed E-state index contributed by atoms with van der Waals surface area (Å²) in [5.74, 6) is 1.05. The van der Waals surface area contributed by atoms with Crippen molar-refractivity contribution in [2.75, 3.05) is 19.5 Å². The minimum absolute atomic E-state index is 0.139. The van der Waals surface area contributed by atoms with Gasteiger partial charge in [-0.3, -0.25) is 4.79 Å². The van der Waals surface area contributed by atoms with Gasteiger partial charge in [-0.05, 0) is 49.1 Å². The van der Waals surface area contributed by atoms with Gasteiger partial charge in [-0.15, -0.1) is 0 Å². The number of hydrogen-bond acceptors (Lipinski definition) is 3. The number of hydrogen-bond donors (Lipinski definition) is 1. The second-order valence-corrected chi connectivity index (χ2v) is 5.44. The molecule has 23 heavy (non-hydrogen) atoms. The molecule has 1 N–H and O–H groups in total. The number of nitrogens with one attached hydrogen (secondary N) is 1. The molecule has 0 fully saturated rings. The number of methoxy groups -OCH3 is 2. The van der Waals surface area contributed by atoms with E-state index in [-0.39, 0.29) is 5.91 Å². The molecule has 0 saturated heterocycles. The van der Waals surface area contributed by atoms with E-state index in [0.717, 1.165) is 28.8 Å². The van der Waals surface area contributed by atoms with Crippen molar-refractivity contribution in [1.82, 2.24) is 0 Å². The first-order valence-corrected chi connectivity index (χ1v) is 7.64. The number of amides is 1. The summed E-state index contributed by atoms with van der Waals surface area (Å²) in [6, 6.07) is 9.54. The molecule has 0 aliphatic rings. The molecule has 1 amide bonds. The van der Waals surface area contributed by atoms with Crippen molar-refractivity contribution in [3.05, 3.63) is 52.6 Å². The number of carbonyl (C=O) groups is 1. The van der Waals surface area contributed by atoms with E-state index >= 15 is 0 Å². The average molecular weight is 313 g/mol. The Morgan fingerprint density at radius 3 is 2.13 bits per heavy atom. The molecule has 0 aliphatic heterocycles. The van der Waals surface area contributed by atoms with Crippen LogP contribution in [-0.4, -0.2) is 20.1 Å². The highest BCUT2D eigenvalue weighted by Gasteiger charge is 2.17. The predicted molar refractivity (Wildman–Crippen MR) is 92.8 cm³/mol. The van der Waals surface area contributed by atoms with E-state index in [9.17, 15) is 4.79 Å². The highest BCUT2D eigenvalue weighted by atomic mass is 16.5. The van der Waals surface area contributed by atoms with Gasteiger partial charge >= 0.3 is 0 Å². The van der Waals surface area contributed by atoms with E-state index in [1.807, 2.05) is 45.0 Å². The highest BCUT2D eigenvalue weighted by molar-refractivity contribution is 6.06. The van der Waals surface area contributed by atoms with Crippen LogP contribution in [0.3, 0.4) is 0 Å². The molecule has 2 aromatic rings. The summed E-state index contributed by atoms with van der Waals surface area (Å²) >= 11 is 0. The largest absolute Gasteiger partial charge is 0.493 e. The van der Waals surface area contributed by atoms with Gasteiger partial charge in [0.2, 0.25) is 0 Å². The highest BCUT2D eigenvalue weighted by Crippen LogP contribution is 2.31. The molecule has 2 rings (SSSR count). The molecule has 4 nitrogen and oxygen atoms in total. The zero-order chi connectivity index (χ0) is 17.0. The summed E-state index contributed by atoms with van der Waals surface area (Å²) in [7, 11) is 3.16. The van der Waals surface area contributed by atoms with Crippen molar-refractivity contribution in [3.8, 4) is 11.5 Å². The summed E-state index contributed by atoms with van der Waals surface area (Å²) in [6.07, 6.45) is 0.732. The van der Waals surface area contributed by atoms with E-state index in [1.54, 1.807) is 20.3 Å². The fraction of sp³-hybridized carbons (Fsp3) is 0.316. The Kier molecular flexibility index (Phi) is 5.27. The number of anilines is 1. The molecule has 0 spiro atoms. The minimum atomic E-state index is -0.139. The van der Waals surface area contributed by atoms with Gasteiger partial charge in [0.1, 0.15) is 0 Å². The maximum Gasteiger partial charge on any atom is 0.256 e. The Morgan fingerprint density at radius 1 is 1.04 bits per heavy atom. The molecular weight excluding hydrogens is 290 g/mol. The van der Waals surface area contributed by atoms with Gasteiger partial charge < -0.3 is 14.8 Å². The van der Waals surface area contributed by atoms with Gasteiger partial charge in [-0.2, -0.15) is 0 Å². The number of rotatable bonds is 5. The predicted octanol–water partition coefficient (Wildman–Crippen LogP) is 4.14. The number of aryl methyl sites for hydroxylation is 3. The molecule has 0 aliphatic carbocycles. The fourth-order valence-electron chi connectivity index (χ4n) is 2.62. The van der Waals surface area contributed by atoms with Crippen LogP contribution in [0.5, 0.6) is 11.5 Å². The lowest BCUT2D eigenvalue weighted by molar-refractivity contribution is 0.102. The van der Waals surface area contributed by atoms with Crippen molar-refractivity contribution in [2.45, 2.75) is 27.2 Å². The number of para-hydroxylation sites is 1. The summed E-state index contributed by atoms with van der Waals surface area (Å²) in [4.78, 5) is 12.8. The average Bonchev–Trinajstić information content (AvgIpc) is 2.56. The van der Waals surface area contributed by atoms with Crippen molar-refractivity contribution in [3.63, 3.8) is 0 Å². The van der Waals surface area contributed by atoms with Crippen LogP contribution in [0, 0.1) is 13.8 Å². The lowest BCUT2D eigenvalue weighted by Gasteiger charge is -2.16. The van der Waals surface area contributed by atoms with Gasteiger partial charge in [0, 0.05) is 11.3 Å². The number of ether oxygens (including phenoxy) is 2. The molecule has 0 saturated carbocycles. The van der Waals surface area contributed by atoms with Crippen LogP contribution in [0.4, 0.5) is 5.69 Å². The number of benzene rings is 2. The normalized spacial score (nSPS) is 10.3. The van der Waals surface area contributed by atoms with Crippen LogP contribution >= 0.6 is 0 Å². The van der Waals surface area contributed by atoms with Crippen LogP contribution in [0.25, 0.3) is 0 Å². The minimum Gasteiger partial charge on any atom is -0.493 e. The standard InChI is InChI=1S/C19H23NO3/c1-6-14-10-16(22-4)17(23-5)11-15(14)19(21)20-18-12(2)8-7-9-13(18)3/h7-11H,6H2,1-5H3,(H,20,21). The maximum atomic E-state index is 12.8. The lowest BCUT2D eigenvalue weighted by atomic mass is 10.0. The molecule has 0 aromatic heterocycles. The van der Waals surface area contributed by atoms with Crippen molar-refractivity contribution in [1.29, 1.82) is 0 Å². The first-order chi connectivity index (χ1) is 11.0. The Balaban J connectivity index is 2.42. The topological polar surface area (TPSA) is 47.6 Å². The molecule has 0 unspecified atom stereocenters. The SMILES string of the molecule is CCc1cc(OC)c(OC)cc1C(=O)Nc1c(C)cccc1C. The second kappa shape index (κ2) is 7.18. The Hall–Kier alpha value is -2.49. The quantitative estimate of drug-likeness (QED) is 0.902. The van der Waals surface area contributed by atoms with Crippen molar-refractivity contribution in [2.24, 2.45) is 0 Å². The van der Waals surface area contributed by atoms with Gasteiger partial charge in [0.05, 0.1) is 14.2 Å². The first kappa shape index (κ1) is 16.9.